The highest BCUT2D eigenvalue weighted by Gasteiger charge is 2.27. The summed E-state index contributed by atoms with van der Waals surface area (Å²) in [5.74, 6) is 0.904. The lowest BCUT2D eigenvalue weighted by Crippen LogP contribution is -2.36. The Kier molecular flexibility index (Phi) is 4.66. The quantitative estimate of drug-likeness (QED) is 0.765. The molecule has 0 bridgehead atoms. The van der Waals surface area contributed by atoms with Gasteiger partial charge in [0.25, 0.3) is 5.91 Å². The summed E-state index contributed by atoms with van der Waals surface area (Å²) >= 11 is 1.50. The minimum Gasteiger partial charge on any atom is -0.354 e. The molecule has 0 saturated heterocycles. The van der Waals surface area contributed by atoms with Crippen molar-refractivity contribution in [1.82, 2.24) is 24.6 Å². The van der Waals surface area contributed by atoms with Crippen molar-refractivity contribution < 1.29 is 4.79 Å². The van der Waals surface area contributed by atoms with Crippen LogP contribution in [0.15, 0.2) is 42.2 Å². The highest BCUT2D eigenvalue weighted by molar-refractivity contribution is 7.12. The SMILES string of the molecule is Cc1ccsc1C(=O)N1Cc2ccnn2C[C@H](CNc2ncccn2)C1. The summed E-state index contributed by atoms with van der Waals surface area (Å²) in [6, 6.07) is 5.76. The minimum atomic E-state index is 0.0908. The van der Waals surface area contributed by atoms with Gasteiger partial charge in [0.05, 0.1) is 17.1 Å². The molecule has 134 valence electrons. The van der Waals surface area contributed by atoms with Crippen LogP contribution >= 0.6 is 11.3 Å². The van der Waals surface area contributed by atoms with E-state index in [1.165, 1.54) is 11.3 Å². The van der Waals surface area contributed by atoms with Crippen molar-refractivity contribution in [2.45, 2.75) is 20.0 Å². The average molecular weight is 368 g/mol. The van der Waals surface area contributed by atoms with Gasteiger partial charge in [-0.15, -0.1) is 11.3 Å². The topological polar surface area (TPSA) is 75.9 Å². The van der Waals surface area contributed by atoms with Gasteiger partial charge in [0.15, 0.2) is 0 Å². The number of nitrogens with one attached hydrogen (secondary N) is 1. The lowest BCUT2D eigenvalue weighted by atomic mass is 10.1. The Morgan fingerprint density at radius 3 is 2.88 bits per heavy atom. The lowest BCUT2D eigenvalue weighted by molar-refractivity contribution is 0.0728. The second-order valence-corrected chi connectivity index (χ2v) is 7.36. The predicted octanol–water partition coefficient (Wildman–Crippen LogP) is 2.43. The van der Waals surface area contributed by atoms with Gasteiger partial charge >= 0.3 is 0 Å². The molecule has 0 unspecified atom stereocenters. The third-order valence-corrected chi connectivity index (χ3v) is 5.53. The first kappa shape index (κ1) is 16.7. The van der Waals surface area contributed by atoms with E-state index >= 15 is 0 Å². The molecule has 3 aromatic heterocycles. The Hall–Kier alpha value is -2.74. The van der Waals surface area contributed by atoms with Crippen LogP contribution in [0.5, 0.6) is 0 Å². The largest absolute Gasteiger partial charge is 0.354 e. The molecule has 1 amide bonds. The predicted molar refractivity (Wildman–Crippen MR) is 100 cm³/mol. The standard InChI is InChI=1S/C18H20N6OS/c1-13-4-8-26-16(13)17(25)23-10-14(9-21-18-19-5-2-6-20-18)11-24-15(12-23)3-7-22-24/h2-8,14H,9-12H2,1H3,(H,19,20,21)/t14-/m1/s1. The molecule has 1 aliphatic rings. The van der Waals surface area contributed by atoms with Gasteiger partial charge in [0, 0.05) is 44.1 Å². The van der Waals surface area contributed by atoms with Crippen LogP contribution in [0.25, 0.3) is 0 Å². The number of hydrogen-bond acceptors (Lipinski definition) is 6. The number of amides is 1. The number of carbonyl (C=O) groups is 1. The van der Waals surface area contributed by atoms with Crippen molar-refractivity contribution in [3.63, 3.8) is 0 Å². The Morgan fingerprint density at radius 1 is 1.27 bits per heavy atom. The molecule has 1 atom stereocenters. The number of anilines is 1. The van der Waals surface area contributed by atoms with Gasteiger partial charge in [-0.05, 0) is 36.1 Å². The summed E-state index contributed by atoms with van der Waals surface area (Å²) in [5, 5.41) is 9.66. The van der Waals surface area contributed by atoms with E-state index in [2.05, 4.69) is 20.4 Å². The zero-order chi connectivity index (χ0) is 17.9. The summed E-state index contributed by atoms with van der Waals surface area (Å²) in [6.45, 7) is 4.66. The molecular formula is C18H20N6OS. The Morgan fingerprint density at radius 2 is 2.12 bits per heavy atom. The third kappa shape index (κ3) is 3.45. The van der Waals surface area contributed by atoms with Crippen LogP contribution < -0.4 is 5.32 Å². The highest BCUT2D eigenvalue weighted by atomic mass is 32.1. The van der Waals surface area contributed by atoms with E-state index in [0.29, 0.717) is 25.6 Å². The van der Waals surface area contributed by atoms with Gasteiger partial charge in [-0.1, -0.05) is 0 Å². The van der Waals surface area contributed by atoms with Gasteiger partial charge in [-0.2, -0.15) is 5.10 Å². The van der Waals surface area contributed by atoms with Crippen molar-refractivity contribution in [3.8, 4) is 0 Å². The fourth-order valence-electron chi connectivity index (χ4n) is 3.18. The monoisotopic (exact) mass is 368 g/mol. The van der Waals surface area contributed by atoms with E-state index in [9.17, 15) is 4.79 Å². The summed E-state index contributed by atoms with van der Waals surface area (Å²) in [5.41, 5.74) is 2.09. The number of fused-ring (bicyclic) bond motifs is 1. The van der Waals surface area contributed by atoms with Crippen LogP contribution in [-0.4, -0.2) is 43.6 Å². The van der Waals surface area contributed by atoms with Crippen LogP contribution in [0.2, 0.25) is 0 Å². The molecule has 4 heterocycles. The van der Waals surface area contributed by atoms with E-state index in [-0.39, 0.29) is 11.8 Å². The van der Waals surface area contributed by atoms with Gasteiger partial charge in [0.2, 0.25) is 5.95 Å². The maximum Gasteiger partial charge on any atom is 0.264 e. The Labute approximate surface area is 155 Å². The Bertz CT molecular complexity index is 890. The summed E-state index contributed by atoms with van der Waals surface area (Å²) in [4.78, 5) is 24.2. The lowest BCUT2D eigenvalue weighted by Gasteiger charge is -2.24. The van der Waals surface area contributed by atoms with Crippen molar-refractivity contribution in [2.75, 3.05) is 18.4 Å². The van der Waals surface area contributed by atoms with Crippen molar-refractivity contribution in [1.29, 1.82) is 0 Å². The van der Waals surface area contributed by atoms with E-state index in [0.717, 1.165) is 22.7 Å². The number of thiophene rings is 1. The van der Waals surface area contributed by atoms with Crippen LogP contribution in [0.4, 0.5) is 5.95 Å². The minimum absolute atomic E-state index is 0.0908. The fraction of sp³-hybridized carbons (Fsp3) is 0.333. The van der Waals surface area contributed by atoms with Gasteiger partial charge in [0.1, 0.15) is 0 Å². The molecule has 26 heavy (non-hydrogen) atoms. The molecule has 1 N–H and O–H groups in total. The number of nitrogens with zero attached hydrogens (tertiary/aromatic N) is 5. The molecule has 0 fully saturated rings. The zero-order valence-corrected chi connectivity index (χ0v) is 15.3. The molecule has 0 radical (unpaired) electrons. The fourth-order valence-corrected chi connectivity index (χ4v) is 4.07. The van der Waals surface area contributed by atoms with Crippen LogP contribution in [0.3, 0.4) is 0 Å². The summed E-state index contributed by atoms with van der Waals surface area (Å²) in [6.07, 6.45) is 5.22. The second kappa shape index (κ2) is 7.25. The summed E-state index contributed by atoms with van der Waals surface area (Å²) in [7, 11) is 0. The first-order valence-corrected chi connectivity index (χ1v) is 9.43. The second-order valence-electron chi connectivity index (χ2n) is 6.44. The molecule has 1 aliphatic heterocycles. The molecule has 8 heteroatoms. The van der Waals surface area contributed by atoms with E-state index in [1.807, 2.05) is 34.0 Å². The molecular weight excluding hydrogens is 348 g/mol. The van der Waals surface area contributed by atoms with Crippen LogP contribution in [-0.2, 0) is 13.1 Å². The molecule has 7 nitrogen and oxygen atoms in total. The number of rotatable bonds is 4. The number of hydrogen-bond donors (Lipinski definition) is 1. The highest BCUT2D eigenvalue weighted by Crippen LogP contribution is 2.22. The van der Waals surface area contributed by atoms with Crippen molar-refractivity contribution in [3.05, 3.63) is 58.3 Å². The Balaban J connectivity index is 1.53. The maximum absolute atomic E-state index is 13.0. The first-order valence-electron chi connectivity index (χ1n) is 8.55. The maximum atomic E-state index is 13.0. The molecule has 3 aromatic rings. The normalized spacial score (nSPS) is 16.8. The van der Waals surface area contributed by atoms with Gasteiger partial charge < -0.3 is 10.2 Å². The van der Waals surface area contributed by atoms with E-state index in [4.69, 9.17) is 0 Å². The molecule has 0 saturated carbocycles. The van der Waals surface area contributed by atoms with Crippen molar-refractivity contribution in [2.24, 2.45) is 5.92 Å². The van der Waals surface area contributed by atoms with Gasteiger partial charge in [-0.25, -0.2) is 9.97 Å². The number of aromatic nitrogens is 4. The third-order valence-electron chi connectivity index (χ3n) is 4.53. The molecule has 0 aliphatic carbocycles. The number of aryl methyl sites for hydroxylation is 1. The van der Waals surface area contributed by atoms with Crippen LogP contribution in [0.1, 0.15) is 20.9 Å². The molecule has 0 aromatic carbocycles. The van der Waals surface area contributed by atoms with E-state index in [1.54, 1.807) is 24.7 Å². The molecule has 4 rings (SSSR count). The van der Waals surface area contributed by atoms with Crippen LogP contribution in [0, 0.1) is 12.8 Å². The average Bonchev–Trinajstić information content (AvgIpc) is 3.24. The number of carbonyl (C=O) groups excluding carboxylic acids is 1. The zero-order valence-electron chi connectivity index (χ0n) is 14.5. The van der Waals surface area contributed by atoms with Gasteiger partial charge in [-0.3, -0.25) is 9.48 Å². The van der Waals surface area contributed by atoms with E-state index < -0.39 is 0 Å². The smallest absolute Gasteiger partial charge is 0.264 e. The first-order chi connectivity index (χ1) is 12.7. The van der Waals surface area contributed by atoms with Crippen molar-refractivity contribution >= 4 is 23.2 Å². The molecule has 0 spiro atoms. The summed E-state index contributed by atoms with van der Waals surface area (Å²) < 4.78 is 1.99.